The number of aromatic nitrogens is 2. The first kappa shape index (κ1) is 9.90. The molecule has 1 aromatic heterocycles. The van der Waals surface area contributed by atoms with Gasteiger partial charge in [-0.05, 0) is 0 Å². The maximum Gasteiger partial charge on any atom is 0.320 e. The molecule has 0 aliphatic rings. The molecule has 0 unspecified atom stereocenters. The summed E-state index contributed by atoms with van der Waals surface area (Å²) in [6, 6.07) is 0. The van der Waals surface area contributed by atoms with Crippen LogP contribution in [0.15, 0.2) is 18.9 Å². The highest BCUT2D eigenvalue weighted by Crippen LogP contribution is 2.16. The van der Waals surface area contributed by atoms with Crippen LogP contribution in [0.2, 0.25) is 0 Å². The van der Waals surface area contributed by atoms with Crippen molar-refractivity contribution in [2.24, 2.45) is 5.73 Å². The zero-order valence-electron chi connectivity index (χ0n) is 7.21. The van der Waals surface area contributed by atoms with Crippen molar-refractivity contribution in [1.29, 1.82) is 0 Å². The van der Waals surface area contributed by atoms with Gasteiger partial charge >= 0.3 is 5.69 Å². The molecule has 0 fully saturated rings. The number of nitrogens with two attached hydrogens (primary N) is 1. The van der Waals surface area contributed by atoms with Gasteiger partial charge in [-0.3, -0.25) is 14.9 Å². The molecule has 0 radical (unpaired) electrons. The first-order valence-electron chi connectivity index (χ1n) is 3.68. The van der Waals surface area contributed by atoms with Crippen molar-refractivity contribution in [1.82, 2.24) is 9.78 Å². The molecule has 2 N–H and O–H groups in total. The average Bonchev–Trinajstić information content (AvgIpc) is 2.48. The molecule has 0 spiro atoms. The minimum atomic E-state index is -0.879. The number of carbonyl (C=O) groups is 1. The zero-order chi connectivity index (χ0) is 10.7. The van der Waals surface area contributed by atoms with Crippen molar-refractivity contribution < 1.29 is 9.72 Å². The second kappa shape index (κ2) is 3.69. The number of carbonyl (C=O) groups excluding carboxylic acids is 1. The maximum atomic E-state index is 10.9. The lowest BCUT2D eigenvalue weighted by Crippen LogP contribution is -2.18. The van der Waals surface area contributed by atoms with E-state index in [0.717, 1.165) is 10.9 Å². The minimum Gasteiger partial charge on any atom is -0.364 e. The lowest BCUT2D eigenvalue weighted by atomic mass is 10.3. The van der Waals surface area contributed by atoms with Crippen LogP contribution in [0.5, 0.6) is 0 Å². The molecule has 14 heavy (non-hydrogen) atoms. The van der Waals surface area contributed by atoms with Crippen LogP contribution in [-0.2, 0) is 6.54 Å². The van der Waals surface area contributed by atoms with Crippen molar-refractivity contribution in [3.63, 3.8) is 0 Å². The number of rotatable bonds is 4. The van der Waals surface area contributed by atoms with E-state index in [1.165, 1.54) is 6.08 Å². The highest BCUT2D eigenvalue weighted by Gasteiger charge is 2.24. The molecule has 0 saturated carbocycles. The third-order valence-electron chi connectivity index (χ3n) is 1.55. The molecule has 0 aromatic carbocycles. The summed E-state index contributed by atoms with van der Waals surface area (Å²) in [6.45, 7) is 3.63. The SMILES string of the molecule is C=CCn1ncc([N+](=O)[O-])c1C(N)=O. The third kappa shape index (κ3) is 1.60. The van der Waals surface area contributed by atoms with Crippen molar-refractivity contribution >= 4 is 11.6 Å². The molecule has 0 aliphatic carbocycles. The van der Waals surface area contributed by atoms with E-state index in [4.69, 9.17) is 5.73 Å². The first-order chi connectivity index (χ1) is 6.57. The molecular weight excluding hydrogens is 188 g/mol. The Balaban J connectivity index is 3.26. The van der Waals surface area contributed by atoms with Crippen LogP contribution in [0.3, 0.4) is 0 Å². The van der Waals surface area contributed by atoms with Crippen LogP contribution in [0.4, 0.5) is 5.69 Å². The van der Waals surface area contributed by atoms with Gasteiger partial charge in [0.15, 0.2) is 0 Å². The fourth-order valence-corrected chi connectivity index (χ4v) is 1.02. The number of amides is 1. The number of primary amides is 1. The van der Waals surface area contributed by atoms with E-state index in [1.54, 1.807) is 0 Å². The molecule has 7 heteroatoms. The van der Waals surface area contributed by atoms with E-state index in [2.05, 4.69) is 11.7 Å². The predicted molar refractivity (Wildman–Crippen MR) is 47.6 cm³/mol. The summed E-state index contributed by atoms with van der Waals surface area (Å²) in [4.78, 5) is 20.7. The highest BCUT2D eigenvalue weighted by molar-refractivity contribution is 5.95. The van der Waals surface area contributed by atoms with Gasteiger partial charge in [0.2, 0.25) is 5.69 Å². The second-order valence-electron chi connectivity index (χ2n) is 2.47. The van der Waals surface area contributed by atoms with Gasteiger partial charge in [-0.15, -0.1) is 6.58 Å². The summed E-state index contributed by atoms with van der Waals surface area (Å²) in [5, 5.41) is 14.1. The Morgan fingerprint density at radius 1 is 1.86 bits per heavy atom. The van der Waals surface area contributed by atoms with Gasteiger partial charge in [-0.2, -0.15) is 5.10 Å². The fraction of sp³-hybridized carbons (Fsp3) is 0.143. The molecule has 1 rings (SSSR count). The van der Waals surface area contributed by atoms with Crippen molar-refractivity contribution in [2.45, 2.75) is 6.54 Å². The summed E-state index contributed by atoms with van der Waals surface area (Å²) in [7, 11) is 0. The summed E-state index contributed by atoms with van der Waals surface area (Å²) in [6.07, 6.45) is 2.45. The van der Waals surface area contributed by atoms with Crippen LogP contribution < -0.4 is 5.73 Å². The molecule has 0 aliphatic heterocycles. The minimum absolute atomic E-state index is 0.201. The van der Waals surface area contributed by atoms with Gasteiger partial charge < -0.3 is 5.73 Å². The second-order valence-corrected chi connectivity index (χ2v) is 2.47. The van der Waals surface area contributed by atoms with Crippen LogP contribution in [0.1, 0.15) is 10.5 Å². The maximum absolute atomic E-state index is 10.9. The van der Waals surface area contributed by atoms with Crippen molar-refractivity contribution in [3.05, 3.63) is 34.7 Å². The number of hydrogen-bond acceptors (Lipinski definition) is 4. The Hall–Kier alpha value is -2.18. The van der Waals surface area contributed by atoms with E-state index in [9.17, 15) is 14.9 Å². The van der Waals surface area contributed by atoms with Gasteiger partial charge in [0.1, 0.15) is 6.20 Å². The molecule has 1 amide bonds. The van der Waals surface area contributed by atoms with Crippen LogP contribution in [0.25, 0.3) is 0 Å². The number of hydrogen-bond donors (Lipinski definition) is 1. The van der Waals surface area contributed by atoms with Crippen LogP contribution >= 0.6 is 0 Å². The number of nitro groups is 1. The zero-order valence-corrected chi connectivity index (χ0v) is 7.21. The molecule has 74 valence electrons. The quantitative estimate of drug-likeness (QED) is 0.418. The Morgan fingerprint density at radius 3 is 2.93 bits per heavy atom. The van der Waals surface area contributed by atoms with E-state index in [-0.39, 0.29) is 17.9 Å². The van der Waals surface area contributed by atoms with E-state index >= 15 is 0 Å². The average molecular weight is 196 g/mol. The molecule has 1 aromatic rings. The van der Waals surface area contributed by atoms with Crippen molar-refractivity contribution in [2.75, 3.05) is 0 Å². The first-order valence-corrected chi connectivity index (χ1v) is 3.68. The topological polar surface area (TPSA) is 104 Å². The monoisotopic (exact) mass is 196 g/mol. The van der Waals surface area contributed by atoms with Gasteiger partial charge in [-0.25, -0.2) is 4.68 Å². The Labute approximate surface area is 79.0 Å². The normalized spacial score (nSPS) is 9.71. The molecule has 0 atom stereocenters. The van der Waals surface area contributed by atoms with Crippen molar-refractivity contribution in [3.8, 4) is 0 Å². The molecule has 7 nitrogen and oxygen atoms in total. The van der Waals surface area contributed by atoms with Crippen LogP contribution in [-0.4, -0.2) is 20.6 Å². The summed E-state index contributed by atoms with van der Waals surface area (Å²) in [5.41, 5.74) is 4.39. The third-order valence-corrected chi connectivity index (χ3v) is 1.55. The fourth-order valence-electron chi connectivity index (χ4n) is 1.02. The molecular formula is C7H8N4O3. The Morgan fingerprint density at radius 2 is 2.50 bits per heavy atom. The van der Waals surface area contributed by atoms with Gasteiger partial charge in [0.25, 0.3) is 5.91 Å². The van der Waals surface area contributed by atoms with Gasteiger partial charge in [-0.1, -0.05) is 6.08 Å². The van der Waals surface area contributed by atoms with E-state index < -0.39 is 10.8 Å². The number of nitrogens with zero attached hydrogens (tertiary/aromatic N) is 3. The van der Waals surface area contributed by atoms with Gasteiger partial charge in [0, 0.05) is 0 Å². The Kier molecular flexibility index (Phi) is 2.61. The van der Waals surface area contributed by atoms with E-state index in [0.29, 0.717) is 0 Å². The largest absolute Gasteiger partial charge is 0.364 e. The lowest BCUT2D eigenvalue weighted by Gasteiger charge is -1.98. The molecule has 0 saturated heterocycles. The lowest BCUT2D eigenvalue weighted by molar-refractivity contribution is -0.385. The summed E-state index contributed by atoms with van der Waals surface area (Å²) >= 11 is 0. The predicted octanol–water partition coefficient (Wildman–Crippen LogP) is 0.0762. The smallest absolute Gasteiger partial charge is 0.320 e. The molecule has 0 bridgehead atoms. The standard InChI is InChI=1S/C7H8N4O3/c1-2-3-10-6(7(8)12)5(4-9-10)11(13)14/h2,4H,1,3H2,(H2,8,12). The van der Waals surface area contributed by atoms with Crippen LogP contribution in [0, 0.1) is 10.1 Å². The number of allylic oxidation sites excluding steroid dienone is 1. The summed E-state index contributed by atoms with van der Waals surface area (Å²) in [5.74, 6) is -0.879. The highest BCUT2D eigenvalue weighted by atomic mass is 16.6. The Bertz CT molecular complexity index is 396. The van der Waals surface area contributed by atoms with Gasteiger partial charge in [0.05, 0.1) is 11.5 Å². The summed E-state index contributed by atoms with van der Waals surface area (Å²) < 4.78 is 1.13. The molecule has 1 heterocycles. The van der Waals surface area contributed by atoms with E-state index in [1.807, 2.05) is 0 Å².